The Labute approximate surface area is 121 Å². The van der Waals surface area contributed by atoms with Gasteiger partial charge in [0, 0.05) is 23.3 Å². The monoisotopic (exact) mass is 327 g/mol. The molecule has 0 saturated carbocycles. The number of halogens is 1. The Morgan fingerprint density at radius 1 is 1.22 bits per heavy atom. The van der Waals surface area contributed by atoms with E-state index in [1.807, 2.05) is 23.1 Å². The molecule has 4 heteroatoms. The first-order valence-electron chi connectivity index (χ1n) is 6.36. The second-order valence-corrected chi connectivity index (χ2v) is 6.37. The number of carbonyl (C=O) groups excluding carboxylic acids is 1. The van der Waals surface area contributed by atoms with E-state index in [0.717, 1.165) is 23.3 Å². The predicted octanol–water partition coefficient (Wildman–Crippen LogP) is 3.69. The van der Waals surface area contributed by atoms with Gasteiger partial charge < -0.3 is 4.90 Å². The van der Waals surface area contributed by atoms with Crippen molar-refractivity contribution in [3.05, 3.63) is 34.3 Å². The van der Waals surface area contributed by atoms with Gasteiger partial charge in [-0.05, 0) is 30.9 Å². The molecule has 0 aliphatic carbocycles. The summed E-state index contributed by atoms with van der Waals surface area (Å²) >= 11 is 5.23. The van der Waals surface area contributed by atoms with Crippen molar-refractivity contribution < 1.29 is 4.79 Å². The lowest BCUT2D eigenvalue weighted by Crippen LogP contribution is -2.36. The summed E-state index contributed by atoms with van der Waals surface area (Å²) in [6.07, 6.45) is 3.61. The molecule has 1 amide bonds. The minimum atomic E-state index is 0.298. The van der Waals surface area contributed by atoms with Gasteiger partial charge in [0.2, 0.25) is 5.91 Å². The van der Waals surface area contributed by atoms with Gasteiger partial charge in [-0.25, -0.2) is 0 Å². The Hall–Kier alpha value is -0.480. The number of thioether (sulfide) groups is 1. The number of hydrogen-bond donors (Lipinski definition) is 0. The Bertz CT molecular complexity index is 405. The standard InChI is InChI=1S/C14H18BrNOS/c15-13-7-3-2-6-12(13)10-18-11-14(17)16-8-4-1-5-9-16/h2-3,6-7H,1,4-5,8-11H2. The van der Waals surface area contributed by atoms with Crippen molar-refractivity contribution in [1.82, 2.24) is 4.90 Å². The topological polar surface area (TPSA) is 20.3 Å². The van der Waals surface area contributed by atoms with E-state index in [2.05, 4.69) is 22.0 Å². The number of piperidine rings is 1. The zero-order valence-electron chi connectivity index (χ0n) is 10.4. The molecule has 2 rings (SSSR count). The van der Waals surface area contributed by atoms with Crippen molar-refractivity contribution in [3.8, 4) is 0 Å². The molecule has 0 N–H and O–H groups in total. The quantitative estimate of drug-likeness (QED) is 0.840. The Morgan fingerprint density at radius 3 is 2.67 bits per heavy atom. The third-order valence-electron chi connectivity index (χ3n) is 3.15. The summed E-state index contributed by atoms with van der Waals surface area (Å²) in [6.45, 7) is 1.91. The fourth-order valence-corrected chi connectivity index (χ4v) is 3.64. The van der Waals surface area contributed by atoms with Crippen molar-refractivity contribution >= 4 is 33.6 Å². The minimum absolute atomic E-state index is 0.298. The maximum atomic E-state index is 12.0. The highest BCUT2D eigenvalue weighted by Crippen LogP contribution is 2.21. The molecule has 1 aromatic carbocycles. The van der Waals surface area contributed by atoms with E-state index < -0.39 is 0 Å². The molecule has 1 fully saturated rings. The summed E-state index contributed by atoms with van der Waals surface area (Å²) in [4.78, 5) is 14.0. The molecule has 0 aromatic heterocycles. The molecule has 1 aliphatic rings. The number of amides is 1. The predicted molar refractivity (Wildman–Crippen MR) is 80.7 cm³/mol. The van der Waals surface area contributed by atoms with Crippen LogP contribution in [0.1, 0.15) is 24.8 Å². The van der Waals surface area contributed by atoms with Gasteiger partial charge in [0.25, 0.3) is 0 Å². The molecule has 1 aromatic rings. The van der Waals surface area contributed by atoms with Crippen LogP contribution in [0.25, 0.3) is 0 Å². The van der Waals surface area contributed by atoms with Crippen LogP contribution in [0, 0.1) is 0 Å². The van der Waals surface area contributed by atoms with Gasteiger partial charge in [-0.2, -0.15) is 0 Å². The summed E-state index contributed by atoms with van der Waals surface area (Å²) < 4.78 is 1.13. The van der Waals surface area contributed by atoms with E-state index in [9.17, 15) is 4.79 Å². The van der Waals surface area contributed by atoms with Gasteiger partial charge in [-0.1, -0.05) is 34.1 Å². The largest absolute Gasteiger partial charge is 0.342 e. The van der Waals surface area contributed by atoms with Crippen molar-refractivity contribution in [3.63, 3.8) is 0 Å². The lowest BCUT2D eigenvalue weighted by molar-refractivity contribution is -0.129. The molecule has 0 radical (unpaired) electrons. The summed E-state index contributed by atoms with van der Waals surface area (Å²) in [7, 11) is 0. The molecule has 0 unspecified atom stereocenters. The van der Waals surface area contributed by atoms with Gasteiger partial charge in [-0.15, -0.1) is 11.8 Å². The SMILES string of the molecule is O=C(CSCc1ccccc1Br)N1CCCCC1. The third-order valence-corrected chi connectivity index (χ3v) is 4.89. The van der Waals surface area contributed by atoms with Crippen LogP contribution in [0.2, 0.25) is 0 Å². The van der Waals surface area contributed by atoms with E-state index >= 15 is 0 Å². The van der Waals surface area contributed by atoms with Crippen LogP contribution in [-0.2, 0) is 10.5 Å². The number of carbonyl (C=O) groups is 1. The Balaban J connectivity index is 1.75. The number of rotatable bonds is 4. The average molecular weight is 328 g/mol. The van der Waals surface area contributed by atoms with Crippen LogP contribution in [0.15, 0.2) is 28.7 Å². The number of hydrogen-bond acceptors (Lipinski definition) is 2. The van der Waals surface area contributed by atoms with Crippen LogP contribution in [0.3, 0.4) is 0 Å². The van der Waals surface area contributed by atoms with Gasteiger partial charge >= 0.3 is 0 Å². The highest BCUT2D eigenvalue weighted by atomic mass is 79.9. The lowest BCUT2D eigenvalue weighted by atomic mass is 10.1. The number of nitrogens with zero attached hydrogens (tertiary/aromatic N) is 1. The summed E-state index contributed by atoms with van der Waals surface area (Å²) in [5.74, 6) is 1.79. The van der Waals surface area contributed by atoms with Crippen molar-refractivity contribution in [2.45, 2.75) is 25.0 Å². The van der Waals surface area contributed by atoms with E-state index in [0.29, 0.717) is 11.7 Å². The molecule has 0 atom stereocenters. The highest BCUT2D eigenvalue weighted by Gasteiger charge is 2.16. The molecule has 1 heterocycles. The summed E-state index contributed by atoms with van der Waals surface area (Å²) in [6, 6.07) is 8.19. The molecule has 2 nitrogen and oxygen atoms in total. The third kappa shape index (κ3) is 4.02. The first kappa shape index (κ1) is 13.9. The zero-order chi connectivity index (χ0) is 12.8. The van der Waals surface area contributed by atoms with Crippen LogP contribution >= 0.6 is 27.7 Å². The average Bonchev–Trinajstić information content (AvgIpc) is 2.42. The molecule has 18 heavy (non-hydrogen) atoms. The maximum absolute atomic E-state index is 12.0. The first-order valence-corrected chi connectivity index (χ1v) is 8.31. The fraction of sp³-hybridized carbons (Fsp3) is 0.500. The smallest absolute Gasteiger partial charge is 0.232 e. The molecule has 1 aliphatic heterocycles. The fourth-order valence-electron chi connectivity index (χ4n) is 2.10. The van der Waals surface area contributed by atoms with E-state index in [4.69, 9.17) is 0 Å². The molecule has 1 saturated heterocycles. The molecular formula is C14H18BrNOS. The summed E-state index contributed by atoms with van der Waals surface area (Å²) in [5.41, 5.74) is 1.26. The Kier molecular flexibility index (Phi) is 5.57. The zero-order valence-corrected chi connectivity index (χ0v) is 12.8. The van der Waals surface area contributed by atoms with E-state index in [-0.39, 0.29) is 0 Å². The second-order valence-electron chi connectivity index (χ2n) is 4.53. The van der Waals surface area contributed by atoms with Crippen LogP contribution in [-0.4, -0.2) is 29.6 Å². The second kappa shape index (κ2) is 7.19. The molecule has 98 valence electrons. The van der Waals surface area contributed by atoms with Gasteiger partial charge in [-0.3, -0.25) is 4.79 Å². The van der Waals surface area contributed by atoms with Crippen LogP contribution in [0.5, 0.6) is 0 Å². The maximum Gasteiger partial charge on any atom is 0.232 e. The lowest BCUT2D eigenvalue weighted by Gasteiger charge is -2.26. The van der Waals surface area contributed by atoms with Crippen LogP contribution < -0.4 is 0 Å². The van der Waals surface area contributed by atoms with Crippen LogP contribution in [0.4, 0.5) is 0 Å². The highest BCUT2D eigenvalue weighted by molar-refractivity contribution is 9.10. The van der Waals surface area contributed by atoms with Gasteiger partial charge in [0.1, 0.15) is 0 Å². The molecule has 0 spiro atoms. The van der Waals surface area contributed by atoms with Crippen molar-refractivity contribution in [1.29, 1.82) is 0 Å². The van der Waals surface area contributed by atoms with E-state index in [1.54, 1.807) is 11.8 Å². The Morgan fingerprint density at radius 2 is 1.94 bits per heavy atom. The first-order chi connectivity index (χ1) is 8.77. The van der Waals surface area contributed by atoms with Gasteiger partial charge in [0.05, 0.1) is 5.75 Å². The van der Waals surface area contributed by atoms with Crippen molar-refractivity contribution in [2.24, 2.45) is 0 Å². The number of benzene rings is 1. The molecule has 0 bridgehead atoms. The summed E-state index contributed by atoms with van der Waals surface area (Å²) in [5, 5.41) is 0. The minimum Gasteiger partial charge on any atom is -0.342 e. The van der Waals surface area contributed by atoms with E-state index in [1.165, 1.54) is 24.8 Å². The van der Waals surface area contributed by atoms with Crippen molar-refractivity contribution in [2.75, 3.05) is 18.8 Å². The molecular weight excluding hydrogens is 310 g/mol. The normalized spacial score (nSPS) is 15.7. The van der Waals surface area contributed by atoms with Gasteiger partial charge in [0.15, 0.2) is 0 Å². The number of likely N-dealkylation sites (tertiary alicyclic amines) is 1.